The number of anilines is 2. The van der Waals surface area contributed by atoms with Gasteiger partial charge in [-0.2, -0.15) is 0 Å². The lowest BCUT2D eigenvalue weighted by Gasteiger charge is -2.28. The van der Waals surface area contributed by atoms with Gasteiger partial charge in [-0.25, -0.2) is 0 Å². The van der Waals surface area contributed by atoms with Crippen molar-refractivity contribution in [1.82, 2.24) is 0 Å². The number of alkyl halides is 1. The molecule has 0 atom stereocenters. The van der Waals surface area contributed by atoms with E-state index in [4.69, 9.17) is 23.2 Å². The molecule has 2 rings (SSSR count). The lowest BCUT2D eigenvalue weighted by Crippen LogP contribution is -2.19. The number of rotatable bonds is 4. The third-order valence-corrected chi connectivity index (χ3v) is 3.80. The molecule has 0 aliphatic carbocycles. The fourth-order valence-corrected chi connectivity index (χ4v) is 2.80. The molecule has 100 valence electrons. The normalized spacial score (nSPS) is 10.5. The maximum Gasteiger partial charge on any atom is 0.0646 e. The number of hydrogen-bond acceptors (Lipinski definition) is 1. The maximum atomic E-state index is 6.38. The molecule has 0 bridgehead atoms. The molecule has 0 fully saturated rings. The summed E-state index contributed by atoms with van der Waals surface area (Å²) in [5.41, 5.74) is 4.46. The van der Waals surface area contributed by atoms with Crippen molar-refractivity contribution >= 4 is 34.6 Å². The quantitative estimate of drug-likeness (QED) is 0.669. The first-order valence-electron chi connectivity index (χ1n) is 6.35. The molecule has 0 heterocycles. The molecule has 1 nitrogen and oxygen atoms in total. The molecule has 0 aliphatic rings. The van der Waals surface area contributed by atoms with Crippen LogP contribution >= 0.6 is 23.2 Å². The fourth-order valence-electron chi connectivity index (χ4n) is 2.29. The monoisotopic (exact) mass is 293 g/mol. The first-order valence-corrected chi connectivity index (χ1v) is 7.26. The van der Waals surface area contributed by atoms with Crippen LogP contribution in [0.2, 0.25) is 5.02 Å². The summed E-state index contributed by atoms with van der Waals surface area (Å²) in [5.74, 6) is 0.457. The summed E-state index contributed by atoms with van der Waals surface area (Å²) in [6.07, 6.45) is 0. The summed E-state index contributed by atoms with van der Waals surface area (Å²) >= 11 is 12.4. The van der Waals surface area contributed by atoms with Crippen LogP contribution in [0.4, 0.5) is 11.4 Å². The van der Waals surface area contributed by atoms with Gasteiger partial charge in [0.15, 0.2) is 0 Å². The van der Waals surface area contributed by atoms with Gasteiger partial charge in [-0.3, -0.25) is 0 Å². The zero-order valence-electron chi connectivity index (χ0n) is 11.2. The Labute approximate surface area is 124 Å². The van der Waals surface area contributed by atoms with Crippen molar-refractivity contribution in [2.45, 2.75) is 19.7 Å². The van der Waals surface area contributed by atoms with E-state index in [2.05, 4.69) is 30.9 Å². The highest BCUT2D eigenvalue weighted by Crippen LogP contribution is 2.36. The van der Waals surface area contributed by atoms with Crippen LogP contribution in [0.25, 0.3) is 0 Å². The van der Waals surface area contributed by atoms with E-state index >= 15 is 0 Å². The molecule has 0 spiro atoms. The van der Waals surface area contributed by atoms with Crippen molar-refractivity contribution in [3.8, 4) is 0 Å². The fraction of sp³-hybridized carbons (Fsp3) is 0.250. The largest absolute Gasteiger partial charge is 0.340 e. The highest BCUT2D eigenvalue weighted by molar-refractivity contribution is 6.33. The Hall–Kier alpha value is -1.18. The molecule has 0 radical (unpaired) electrons. The second kappa shape index (κ2) is 6.31. The Kier molecular flexibility index (Phi) is 4.73. The molecule has 0 aromatic heterocycles. The zero-order chi connectivity index (χ0) is 13.8. The second-order valence-electron chi connectivity index (χ2n) is 4.41. The molecule has 0 aliphatic heterocycles. The van der Waals surface area contributed by atoms with E-state index in [0.29, 0.717) is 5.88 Å². The van der Waals surface area contributed by atoms with Gasteiger partial charge in [0.25, 0.3) is 0 Å². The van der Waals surface area contributed by atoms with Gasteiger partial charge in [0.2, 0.25) is 0 Å². The Morgan fingerprint density at radius 2 is 1.79 bits per heavy atom. The minimum absolute atomic E-state index is 0.457. The number of para-hydroxylation sites is 2. The molecular weight excluding hydrogens is 277 g/mol. The van der Waals surface area contributed by atoms with Gasteiger partial charge >= 0.3 is 0 Å². The Morgan fingerprint density at radius 3 is 2.42 bits per heavy atom. The molecule has 0 N–H and O–H groups in total. The molecule has 0 saturated carbocycles. The maximum absolute atomic E-state index is 6.38. The standard InChI is InChI=1S/C16H17Cl2N/c1-3-19(15-10-5-4-7-12(15)2)16-13(11-17)8-6-9-14(16)18/h4-10H,3,11H2,1-2H3. The summed E-state index contributed by atoms with van der Waals surface area (Å²) in [6, 6.07) is 14.2. The molecule has 0 unspecified atom stereocenters. The first-order chi connectivity index (χ1) is 9.19. The van der Waals surface area contributed by atoms with Crippen molar-refractivity contribution < 1.29 is 0 Å². The van der Waals surface area contributed by atoms with Crippen molar-refractivity contribution in [1.29, 1.82) is 0 Å². The van der Waals surface area contributed by atoms with E-state index in [1.807, 2.05) is 30.3 Å². The predicted octanol–water partition coefficient (Wildman–Crippen LogP) is 5.55. The van der Waals surface area contributed by atoms with Crippen molar-refractivity contribution in [3.05, 3.63) is 58.6 Å². The first kappa shape index (κ1) is 14.2. The summed E-state index contributed by atoms with van der Waals surface area (Å²) in [5, 5.41) is 0.739. The van der Waals surface area contributed by atoms with Gasteiger partial charge in [0, 0.05) is 18.1 Å². The van der Waals surface area contributed by atoms with Gasteiger partial charge in [-0.1, -0.05) is 41.9 Å². The third kappa shape index (κ3) is 2.88. The van der Waals surface area contributed by atoms with E-state index in [0.717, 1.165) is 22.8 Å². The van der Waals surface area contributed by atoms with Crippen LogP contribution in [-0.4, -0.2) is 6.54 Å². The van der Waals surface area contributed by atoms with Crippen LogP contribution in [-0.2, 0) is 5.88 Å². The number of nitrogens with zero attached hydrogens (tertiary/aromatic N) is 1. The minimum atomic E-state index is 0.457. The highest BCUT2D eigenvalue weighted by Gasteiger charge is 2.16. The van der Waals surface area contributed by atoms with Gasteiger partial charge in [0.05, 0.1) is 10.7 Å². The van der Waals surface area contributed by atoms with E-state index in [9.17, 15) is 0 Å². The van der Waals surface area contributed by atoms with Crippen LogP contribution in [0.3, 0.4) is 0 Å². The van der Waals surface area contributed by atoms with Gasteiger partial charge in [0.1, 0.15) is 0 Å². The van der Waals surface area contributed by atoms with Crippen LogP contribution in [0, 0.1) is 6.92 Å². The molecule has 2 aromatic rings. The summed E-state index contributed by atoms with van der Waals surface area (Å²) in [6.45, 7) is 5.07. The predicted molar refractivity (Wildman–Crippen MR) is 84.9 cm³/mol. The summed E-state index contributed by atoms with van der Waals surface area (Å²) in [7, 11) is 0. The van der Waals surface area contributed by atoms with Crippen molar-refractivity contribution in [2.24, 2.45) is 0 Å². The van der Waals surface area contributed by atoms with Gasteiger partial charge in [-0.05, 0) is 37.1 Å². The number of aryl methyl sites for hydroxylation is 1. The lowest BCUT2D eigenvalue weighted by atomic mass is 10.1. The van der Waals surface area contributed by atoms with E-state index in [1.165, 1.54) is 11.3 Å². The number of benzene rings is 2. The molecule has 0 amide bonds. The van der Waals surface area contributed by atoms with E-state index in [-0.39, 0.29) is 0 Å². The molecule has 2 aromatic carbocycles. The average molecular weight is 294 g/mol. The van der Waals surface area contributed by atoms with Crippen molar-refractivity contribution in [2.75, 3.05) is 11.4 Å². The smallest absolute Gasteiger partial charge is 0.0646 e. The SMILES string of the molecule is CCN(c1ccccc1C)c1c(Cl)cccc1CCl. The third-order valence-electron chi connectivity index (χ3n) is 3.21. The zero-order valence-corrected chi connectivity index (χ0v) is 12.7. The molecular formula is C16H17Cl2N. The Morgan fingerprint density at radius 1 is 1.05 bits per heavy atom. The number of hydrogen-bond donors (Lipinski definition) is 0. The van der Waals surface area contributed by atoms with Crippen LogP contribution in [0.15, 0.2) is 42.5 Å². The van der Waals surface area contributed by atoms with Gasteiger partial charge < -0.3 is 4.90 Å². The van der Waals surface area contributed by atoms with Crippen LogP contribution < -0.4 is 4.90 Å². The van der Waals surface area contributed by atoms with Crippen molar-refractivity contribution in [3.63, 3.8) is 0 Å². The Bertz CT molecular complexity index is 566. The topological polar surface area (TPSA) is 3.24 Å². The van der Waals surface area contributed by atoms with Crippen LogP contribution in [0.5, 0.6) is 0 Å². The average Bonchev–Trinajstić information content (AvgIpc) is 2.43. The molecule has 0 saturated heterocycles. The van der Waals surface area contributed by atoms with Crippen LogP contribution in [0.1, 0.15) is 18.1 Å². The minimum Gasteiger partial charge on any atom is -0.340 e. The number of halogens is 2. The lowest BCUT2D eigenvalue weighted by molar-refractivity contribution is 1.01. The summed E-state index contributed by atoms with van der Waals surface area (Å²) < 4.78 is 0. The highest BCUT2D eigenvalue weighted by atomic mass is 35.5. The summed E-state index contributed by atoms with van der Waals surface area (Å²) in [4.78, 5) is 2.22. The Balaban J connectivity index is 2.58. The molecule has 19 heavy (non-hydrogen) atoms. The van der Waals surface area contributed by atoms with Gasteiger partial charge in [-0.15, -0.1) is 11.6 Å². The molecule has 3 heteroatoms. The second-order valence-corrected chi connectivity index (χ2v) is 5.09. The van der Waals surface area contributed by atoms with E-state index < -0.39 is 0 Å². The van der Waals surface area contributed by atoms with E-state index in [1.54, 1.807) is 0 Å².